The molecule has 1 N–H and O–H groups in total. The third-order valence-corrected chi connectivity index (χ3v) is 7.75. The zero-order valence-corrected chi connectivity index (χ0v) is 18.5. The van der Waals surface area contributed by atoms with Crippen LogP contribution in [0.15, 0.2) is 42.5 Å². The first-order valence-corrected chi connectivity index (χ1v) is 11.9. The van der Waals surface area contributed by atoms with Crippen LogP contribution in [-0.4, -0.2) is 31.7 Å². The van der Waals surface area contributed by atoms with Crippen molar-refractivity contribution in [1.29, 1.82) is 0 Å². The molecular weight excluding hydrogens is 431 g/mol. The second-order valence-electron chi connectivity index (χ2n) is 7.35. The summed E-state index contributed by atoms with van der Waals surface area (Å²) >= 11 is 11.9. The summed E-state index contributed by atoms with van der Waals surface area (Å²) in [6, 6.07) is 12.7. The summed E-state index contributed by atoms with van der Waals surface area (Å²) in [4.78, 5) is 12.6. The van der Waals surface area contributed by atoms with E-state index in [4.69, 9.17) is 23.2 Å². The number of carbonyl (C=O) groups is 1. The molecule has 1 amide bonds. The molecule has 2 aromatic rings. The predicted octanol–water partition coefficient (Wildman–Crippen LogP) is 4.16. The van der Waals surface area contributed by atoms with Gasteiger partial charge in [-0.15, -0.1) is 0 Å². The molecule has 0 bridgehead atoms. The lowest BCUT2D eigenvalue weighted by atomic mass is 9.98. The van der Waals surface area contributed by atoms with Gasteiger partial charge in [-0.25, -0.2) is 12.7 Å². The number of carbonyl (C=O) groups excluding carboxylic acids is 1. The summed E-state index contributed by atoms with van der Waals surface area (Å²) in [6.45, 7) is 3.06. The Kier molecular flexibility index (Phi) is 7.22. The zero-order valence-electron chi connectivity index (χ0n) is 16.2. The first-order chi connectivity index (χ1) is 13.8. The minimum absolute atomic E-state index is 0.109. The van der Waals surface area contributed by atoms with Crippen LogP contribution < -0.4 is 5.32 Å². The fourth-order valence-corrected chi connectivity index (χ4v) is 5.39. The van der Waals surface area contributed by atoms with Crippen molar-refractivity contribution in [3.63, 3.8) is 0 Å². The Morgan fingerprint density at radius 2 is 1.93 bits per heavy atom. The third-order valence-electron chi connectivity index (χ3n) is 5.20. The lowest BCUT2D eigenvalue weighted by molar-refractivity contribution is -0.126. The van der Waals surface area contributed by atoms with Crippen molar-refractivity contribution in [2.75, 3.05) is 13.1 Å². The van der Waals surface area contributed by atoms with E-state index in [1.807, 2.05) is 31.2 Å². The van der Waals surface area contributed by atoms with E-state index in [1.54, 1.807) is 18.2 Å². The SMILES string of the molecule is Cc1ccccc1CNC(=O)[C@H]1CCCN(S(=O)(=O)Cc2ccc(Cl)c(Cl)c2)C1. The van der Waals surface area contributed by atoms with Crippen LogP contribution in [0, 0.1) is 12.8 Å². The van der Waals surface area contributed by atoms with Crippen LogP contribution in [-0.2, 0) is 27.1 Å². The van der Waals surface area contributed by atoms with Crippen molar-refractivity contribution in [1.82, 2.24) is 9.62 Å². The number of nitrogens with zero attached hydrogens (tertiary/aromatic N) is 1. The summed E-state index contributed by atoms with van der Waals surface area (Å²) in [5.74, 6) is -0.624. The molecule has 156 valence electrons. The summed E-state index contributed by atoms with van der Waals surface area (Å²) < 4.78 is 27.1. The monoisotopic (exact) mass is 454 g/mol. The highest BCUT2D eigenvalue weighted by atomic mass is 35.5. The highest BCUT2D eigenvalue weighted by Gasteiger charge is 2.32. The number of piperidine rings is 1. The fraction of sp³-hybridized carbons (Fsp3) is 0.381. The Labute approximate surface area is 182 Å². The molecule has 0 aromatic heterocycles. The summed E-state index contributed by atoms with van der Waals surface area (Å²) in [7, 11) is -3.55. The molecule has 0 spiro atoms. The maximum Gasteiger partial charge on any atom is 0.224 e. The van der Waals surface area contributed by atoms with Gasteiger partial charge in [-0.05, 0) is 48.6 Å². The van der Waals surface area contributed by atoms with Crippen LogP contribution >= 0.6 is 23.2 Å². The summed E-state index contributed by atoms with van der Waals surface area (Å²) in [6.07, 6.45) is 1.33. The smallest absolute Gasteiger partial charge is 0.224 e. The Morgan fingerprint density at radius 1 is 1.17 bits per heavy atom. The van der Waals surface area contributed by atoms with Crippen molar-refractivity contribution in [2.24, 2.45) is 5.92 Å². The lowest BCUT2D eigenvalue weighted by Crippen LogP contribution is -2.45. The molecule has 8 heteroatoms. The maximum absolute atomic E-state index is 12.9. The van der Waals surface area contributed by atoms with Gasteiger partial charge in [0.25, 0.3) is 0 Å². The first-order valence-electron chi connectivity index (χ1n) is 9.50. The Balaban J connectivity index is 1.62. The molecule has 29 heavy (non-hydrogen) atoms. The molecule has 1 fully saturated rings. The van der Waals surface area contributed by atoms with E-state index in [0.717, 1.165) is 11.1 Å². The van der Waals surface area contributed by atoms with Crippen LogP contribution in [0.5, 0.6) is 0 Å². The standard InChI is InChI=1S/C21H24Cl2N2O3S/c1-15-5-2-3-6-17(15)12-24-21(26)18-7-4-10-25(13-18)29(27,28)14-16-8-9-19(22)20(23)11-16/h2-3,5-6,8-9,11,18H,4,7,10,12-14H2,1H3,(H,24,26)/t18-/m0/s1. The van der Waals surface area contributed by atoms with Gasteiger partial charge in [-0.1, -0.05) is 53.5 Å². The van der Waals surface area contributed by atoms with Gasteiger partial charge in [0, 0.05) is 19.6 Å². The van der Waals surface area contributed by atoms with Crippen molar-refractivity contribution in [2.45, 2.75) is 32.1 Å². The predicted molar refractivity (Wildman–Crippen MR) is 116 cm³/mol. The number of amides is 1. The van der Waals surface area contributed by atoms with Gasteiger partial charge in [-0.3, -0.25) is 4.79 Å². The number of sulfonamides is 1. The van der Waals surface area contributed by atoms with Crippen molar-refractivity contribution in [3.05, 3.63) is 69.2 Å². The van der Waals surface area contributed by atoms with Crippen LogP contribution in [0.3, 0.4) is 0 Å². The average molecular weight is 455 g/mol. The van der Waals surface area contributed by atoms with Gasteiger partial charge >= 0.3 is 0 Å². The zero-order chi connectivity index (χ0) is 21.0. The number of rotatable bonds is 6. The van der Waals surface area contributed by atoms with E-state index < -0.39 is 10.0 Å². The van der Waals surface area contributed by atoms with Gasteiger partial charge in [0.15, 0.2) is 0 Å². The number of aryl methyl sites for hydroxylation is 1. The van der Waals surface area contributed by atoms with Crippen LogP contribution in [0.2, 0.25) is 10.0 Å². The van der Waals surface area contributed by atoms with E-state index >= 15 is 0 Å². The summed E-state index contributed by atoms with van der Waals surface area (Å²) in [5.41, 5.74) is 2.74. The van der Waals surface area contributed by atoms with Crippen molar-refractivity contribution >= 4 is 39.1 Å². The molecule has 2 aromatic carbocycles. The molecule has 1 aliphatic rings. The largest absolute Gasteiger partial charge is 0.352 e. The van der Waals surface area contributed by atoms with Crippen molar-refractivity contribution in [3.8, 4) is 0 Å². The van der Waals surface area contributed by atoms with E-state index in [0.29, 0.717) is 41.5 Å². The fourth-order valence-electron chi connectivity index (χ4n) is 3.48. The minimum atomic E-state index is -3.55. The van der Waals surface area contributed by atoms with E-state index in [9.17, 15) is 13.2 Å². The van der Waals surface area contributed by atoms with Crippen LogP contribution in [0.1, 0.15) is 29.5 Å². The molecule has 1 aliphatic heterocycles. The highest BCUT2D eigenvalue weighted by Crippen LogP contribution is 2.26. The third kappa shape index (κ3) is 5.72. The van der Waals surface area contributed by atoms with E-state index in [1.165, 1.54) is 4.31 Å². The number of benzene rings is 2. The normalized spacial score (nSPS) is 17.8. The Morgan fingerprint density at radius 3 is 2.66 bits per heavy atom. The topological polar surface area (TPSA) is 66.5 Å². The molecule has 0 saturated carbocycles. The summed E-state index contributed by atoms with van der Waals surface area (Å²) in [5, 5.41) is 3.66. The lowest BCUT2D eigenvalue weighted by Gasteiger charge is -2.31. The maximum atomic E-state index is 12.9. The Bertz CT molecular complexity index is 995. The molecular formula is C21H24Cl2N2O3S. The van der Waals surface area contributed by atoms with Gasteiger partial charge in [0.1, 0.15) is 0 Å². The van der Waals surface area contributed by atoms with Gasteiger partial charge in [-0.2, -0.15) is 0 Å². The first kappa shape index (κ1) is 22.1. The van der Waals surface area contributed by atoms with Gasteiger partial charge in [0.05, 0.1) is 21.7 Å². The molecule has 5 nitrogen and oxygen atoms in total. The quantitative estimate of drug-likeness (QED) is 0.712. The molecule has 1 atom stereocenters. The number of nitrogens with one attached hydrogen (secondary N) is 1. The molecule has 1 heterocycles. The number of hydrogen-bond donors (Lipinski definition) is 1. The number of hydrogen-bond acceptors (Lipinski definition) is 3. The molecule has 0 aliphatic carbocycles. The Hall–Kier alpha value is -1.60. The van der Waals surface area contributed by atoms with Gasteiger partial charge in [0.2, 0.25) is 15.9 Å². The highest BCUT2D eigenvalue weighted by molar-refractivity contribution is 7.88. The minimum Gasteiger partial charge on any atom is -0.352 e. The molecule has 0 radical (unpaired) electrons. The van der Waals surface area contributed by atoms with Crippen LogP contribution in [0.4, 0.5) is 0 Å². The van der Waals surface area contributed by atoms with E-state index in [2.05, 4.69) is 5.32 Å². The van der Waals surface area contributed by atoms with E-state index in [-0.39, 0.29) is 24.1 Å². The molecule has 0 unspecified atom stereocenters. The second-order valence-corrected chi connectivity index (χ2v) is 10.1. The van der Waals surface area contributed by atoms with Crippen molar-refractivity contribution < 1.29 is 13.2 Å². The van der Waals surface area contributed by atoms with Gasteiger partial charge < -0.3 is 5.32 Å². The molecule has 3 rings (SSSR count). The molecule has 1 saturated heterocycles. The van der Waals surface area contributed by atoms with Crippen LogP contribution in [0.25, 0.3) is 0 Å². The number of halogens is 2. The average Bonchev–Trinajstić information content (AvgIpc) is 2.70. The second kappa shape index (κ2) is 9.47.